The normalized spacial score (nSPS) is 10.9. The van der Waals surface area contributed by atoms with E-state index in [1.807, 2.05) is 68.4 Å². The van der Waals surface area contributed by atoms with Crippen molar-refractivity contribution in [3.8, 4) is 28.2 Å². The van der Waals surface area contributed by atoms with Gasteiger partial charge in [0.15, 0.2) is 11.5 Å². The molecule has 0 aliphatic heterocycles. The molecule has 2 aromatic heterocycles. The first-order chi connectivity index (χ1) is 11.7. The van der Waals surface area contributed by atoms with E-state index < -0.39 is 0 Å². The summed E-state index contributed by atoms with van der Waals surface area (Å²) in [6, 6.07) is 22.2. The summed E-state index contributed by atoms with van der Waals surface area (Å²) in [5.41, 5.74) is 4.63. The summed E-state index contributed by atoms with van der Waals surface area (Å²) in [5.74, 6) is 1.54. The predicted molar refractivity (Wildman–Crippen MR) is 90.6 cm³/mol. The Labute approximate surface area is 139 Å². The van der Waals surface area contributed by atoms with Gasteiger partial charge in [-0.25, -0.2) is 4.52 Å². The third-order valence-electron chi connectivity index (χ3n) is 3.95. The lowest BCUT2D eigenvalue weighted by Crippen LogP contribution is -2.31. The topological polar surface area (TPSA) is 43.0 Å². The van der Waals surface area contributed by atoms with E-state index in [1.165, 1.54) is 0 Å². The second-order valence-corrected chi connectivity index (χ2v) is 5.69. The Bertz CT molecular complexity index is 970. The Balaban J connectivity index is 1.94. The van der Waals surface area contributed by atoms with Gasteiger partial charge in [-0.1, -0.05) is 53.7 Å². The van der Waals surface area contributed by atoms with E-state index >= 15 is 0 Å². The van der Waals surface area contributed by atoms with Crippen molar-refractivity contribution in [1.82, 2.24) is 5.16 Å². The van der Waals surface area contributed by atoms with Gasteiger partial charge in [0.2, 0.25) is 5.76 Å². The molecule has 24 heavy (non-hydrogen) atoms. The van der Waals surface area contributed by atoms with Crippen LogP contribution in [0.2, 0.25) is 0 Å². The average molecular weight is 317 g/mol. The molecule has 0 saturated carbocycles. The summed E-state index contributed by atoms with van der Waals surface area (Å²) >= 11 is 0. The summed E-state index contributed by atoms with van der Waals surface area (Å²) in [6.07, 6.45) is 0. The van der Waals surface area contributed by atoms with Gasteiger partial charge < -0.3 is 4.52 Å². The molecule has 0 bridgehead atoms. The summed E-state index contributed by atoms with van der Waals surface area (Å²) in [5, 5.41) is 4.25. The molecule has 118 valence electrons. The van der Waals surface area contributed by atoms with E-state index in [-0.39, 0.29) is 0 Å². The number of nitrogens with zero attached hydrogens (tertiary/aromatic N) is 2. The summed E-state index contributed by atoms with van der Waals surface area (Å²) in [6.45, 7) is 3.84. The molecule has 2 heterocycles. The molecule has 0 fully saturated rings. The van der Waals surface area contributed by atoms with Gasteiger partial charge in [-0.15, -0.1) is 0 Å². The third kappa shape index (κ3) is 2.42. The Morgan fingerprint density at radius 1 is 0.833 bits per heavy atom. The quantitative estimate of drug-likeness (QED) is 0.523. The van der Waals surface area contributed by atoms with Gasteiger partial charge in [-0.2, -0.15) is 0 Å². The van der Waals surface area contributed by atoms with Crippen molar-refractivity contribution in [2.24, 2.45) is 0 Å². The van der Waals surface area contributed by atoms with Crippen LogP contribution in [0.3, 0.4) is 0 Å². The lowest BCUT2D eigenvalue weighted by atomic mass is 10.1. The van der Waals surface area contributed by atoms with Gasteiger partial charge in [0.05, 0.1) is 11.6 Å². The third-order valence-corrected chi connectivity index (χ3v) is 3.95. The Kier molecular flexibility index (Phi) is 3.50. The first-order valence-corrected chi connectivity index (χ1v) is 7.84. The Morgan fingerprint density at radius 3 is 2.12 bits per heavy atom. The standard InChI is InChI=1S/C20H17N2O2/c1-14-13-18(16-9-5-3-6-10-16)22(24-14)20-15(2)23-21-19(20)17-11-7-4-8-12-17/h3-13H,1-2H3/q+1. The molecular formula is C20H17N2O2+. The molecule has 0 radical (unpaired) electrons. The molecule has 0 aliphatic rings. The second kappa shape index (κ2) is 5.81. The van der Waals surface area contributed by atoms with Crippen LogP contribution in [0.4, 0.5) is 0 Å². The minimum Gasteiger partial charge on any atom is -0.354 e. The molecule has 0 amide bonds. The summed E-state index contributed by atoms with van der Waals surface area (Å²) < 4.78 is 13.3. The number of aryl methyl sites for hydroxylation is 2. The van der Waals surface area contributed by atoms with Crippen LogP contribution in [0.25, 0.3) is 28.2 Å². The molecule has 4 heteroatoms. The van der Waals surface area contributed by atoms with Crippen LogP contribution in [0, 0.1) is 13.8 Å². The van der Waals surface area contributed by atoms with Crippen molar-refractivity contribution in [2.45, 2.75) is 13.8 Å². The highest BCUT2D eigenvalue weighted by Crippen LogP contribution is 2.28. The maximum Gasteiger partial charge on any atom is 0.328 e. The molecule has 0 aliphatic carbocycles. The molecule has 4 nitrogen and oxygen atoms in total. The lowest BCUT2D eigenvalue weighted by molar-refractivity contribution is -0.776. The fourth-order valence-electron chi connectivity index (χ4n) is 2.84. The number of rotatable bonds is 3. The summed E-state index contributed by atoms with van der Waals surface area (Å²) in [7, 11) is 0. The molecule has 4 rings (SSSR count). The van der Waals surface area contributed by atoms with Gasteiger partial charge in [0.1, 0.15) is 0 Å². The number of benzene rings is 2. The molecule has 0 spiro atoms. The van der Waals surface area contributed by atoms with Gasteiger partial charge in [-0.05, 0) is 12.1 Å². The van der Waals surface area contributed by atoms with Crippen LogP contribution in [-0.4, -0.2) is 5.16 Å². The average Bonchev–Trinajstić information content (AvgIpc) is 3.19. The van der Waals surface area contributed by atoms with Crippen molar-refractivity contribution in [3.05, 3.63) is 78.3 Å². The molecule has 0 N–H and O–H groups in total. The molecule has 0 saturated heterocycles. The summed E-state index contributed by atoms with van der Waals surface area (Å²) in [4.78, 5) is 0. The SMILES string of the molecule is Cc1cc(-c2ccccc2)[n+](-c2c(-c3ccccc3)noc2C)o1. The highest BCUT2D eigenvalue weighted by atomic mass is 16.5. The van der Waals surface area contributed by atoms with Crippen molar-refractivity contribution >= 4 is 0 Å². The van der Waals surface area contributed by atoms with Crippen molar-refractivity contribution in [2.75, 3.05) is 0 Å². The first kappa shape index (κ1) is 14.5. The zero-order valence-corrected chi connectivity index (χ0v) is 13.6. The van der Waals surface area contributed by atoms with Crippen LogP contribution < -0.4 is 4.74 Å². The van der Waals surface area contributed by atoms with Gasteiger partial charge in [0, 0.05) is 24.2 Å². The highest BCUT2D eigenvalue weighted by molar-refractivity contribution is 5.67. The maximum absolute atomic E-state index is 5.97. The minimum atomic E-state index is 0.713. The number of hydrogen-bond acceptors (Lipinski definition) is 3. The van der Waals surface area contributed by atoms with Gasteiger partial charge >= 0.3 is 5.69 Å². The van der Waals surface area contributed by atoms with Crippen molar-refractivity contribution < 1.29 is 13.8 Å². The van der Waals surface area contributed by atoms with Crippen LogP contribution >= 0.6 is 0 Å². The maximum atomic E-state index is 5.97. The van der Waals surface area contributed by atoms with Crippen molar-refractivity contribution in [3.63, 3.8) is 0 Å². The molecular weight excluding hydrogens is 300 g/mol. The monoisotopic (exact) mass is 317 g/mol. The van der Waals surface area contributed by atoms with Crippen molar-refractivity contribution in [1.29, 1.82) is 0 Å². The predicted octanol–water partition coefficient (Wildman–Crippen LogP) is 4.50. The first-order valence-electron chi connectivity index (χ1n) is 7.84. The minimum absolute atomic E-state index is 0.713. The Morgan fingerprint density at radius 2 is 1.46 bits per heavy atom. The van der Waals surface area contributed by atoms with Gasteiger partial charge in [-0.3, -0.25) is 0 Å². The van der Waals surface area contributed by atoms with Gasteiger partial charge in [0.25, 0.3) is 5.69 Å². The number of hydrogen-bond donors (Lipinski definition) is 0. The molecule has 0 atom stereocenters. The fraction of sp³-hybridized carbons (Fsp3) is 0.100. The molecule has 4 aromatic rings. The van der Waals surface area contributed by atoms with E-state index in [0.29, 0.717) is 5.76 Å². The second-order valence-electron chi connectivity index (χ2n) is 5.69. The van der Waals surface area contributed by atoms with Crippen LogP contribution in [0.15, 0.2) is 75.8 Å². The van der Waals surface area contributed by atoms with E-state index in [1.54, 1.807) is 4.74 Å². The number of aromatic nitrogens is 2. The van der Waals surface area contributed by atoms with E-state index in [9.17, 15) is 0 Å². The van der Waals surface area contributed by atoms with E-state index in [2.05, 4.69) is 17.3 Å². The zero-order chi connectivity index (χ0) is 16.5. The molecule has 0 unspecified atom stereocenters. The van der Waals surface area contributed by atoms with Crippen LogP contribution in [-0.2, 0) is 0 Å². The zero-order valence-electron chi connectivity index (χ0n) is 13.6. The lowest BCUT2D eigenvalue weighted by Gasteiger charge is -1.97. The smallest absolute Gasteiger partial charge is 0.328 e. The van der Waals surface area contributed by atoms with Crippen LogP contribution in [0.5, 0.6) is 0 Å². The van der Waals surface area contributed by atoms with E-state index in [0.717, 1.165) is 34.0 Å². The van der Waals surface area contributed by atoms with Crippen LogP contribution in [0.1, 0.15) is 11.5 Å². The molecule has 2 aromatic carbocycles. The van der Waals surface area contributed by atoms with E-state index in [4.69, 9.17) is 9.05 Å². The largest absolute Gasteiger partial charge is 0.354 e. The Hall–Kier alpha value is -3.14. The highest BCUT2D eigenvalue weighted by Gasteiger charge is 2.32. The fourth-order valence-corrected chi connectivity index (χ4v) is 2.84.